The quantitative estimate of drug-likeness (QED) is 0.190. The number of furan rings is 1. The van der Waals surface area contributed by atoms with Crippen LogP contribution in [0, 0.1) is 0 Å². The maximum Gasteiger partial charge on any atom is 0.235 e. The summed E-state index contributed by atoms with van der Waals surface area (Å²) >= 11 is 0. The van der Waals surface area contributed by atoms with Crippen LogP contribution in [-0.2, 0) is 0 Å². The van der Waals surface area contributed by atoms with E-state index in [2.05, 4.69) is 155 Å². The first kappa shape index (κ1) is 27.9. The lowest BCUT2D eigenvalue weighted by atomic mass is 10.1. The summed E-state index contributed by atoms with van der Waals surface area (Å²) in [6, 6.07) is 59.3. The van der Waals surface area contributed by atoms with E-state index in [1.54, 1.807) is 0 Å². The Morgan fingerprint density at radius 1 is 0.412 bits per heavy atom. The van der Waals surface area contributed by atoms with E-state index < -0.39 is 0 Å². The molecule has 0 amide bonds. The fourth-order valence-corrected chi connectivity index (χ4v) is 7.92. The third-order valence-electron chi connectivity index (χ3n) is 10.1. The first-order chi connectivity index (χ1) is 25.3. The van der Waals surface area contributed by atoms with Gasteiger partial charge in [-0.3, -0.25) is 4.57 Å². The smallest absolute Gasteiger partial charge is 0.235 e. The van der Waals surface area contributed by atoms with E-state index in [0.717, 1.165) is 93.8 Å². The molecule has 0 aliphatic rings. The van der Waals surface area contributed by atoms with Gasteiger partial charge in [0.15, 0.2) is 5.58 Å². The highest BCUT2D eigenvalue weighted by molar-refractivity contribution is 6.29. The molecule has 0 saturated heterocycles. The minimum Gasteiger partial charge on any atom is -0.454 e. The van der Waals surface area contributed by atoms with Crippen molar-refractivity contribution in [2.75, 3.05) is 0 Å². The lowest BCUT2D eigenvalue weighted by Crippen LogP contribution is -2.04. The van der Waals surface area contributed by atoms with Crippen molar-refractivity contribution in [1.29, 1.82) is 0 Å². The Morgan fingerprint density at radius 3 is 1.73 bits per heavy atom. The topological polar surface area (TPSA) is 48.8 Å². The van der Waals surface area contributed by atoms with E-state index in [9.17, 15) is 0 Å². The van der Waals surface area contributed by atoms with Crippen molar-refractivity contribution in [1.82, 2.24) is 19.1 Å². The van der Waals surface area contributed by atoms with Gasteiger partial charge in [0.05, 0.1) is 33.5 Å². The molecule has 0 aliphatic heterocycles. The van der Waals surface area contributed by atoms with Gasteiger partial charge >= 0.3 is 0 Å². The molecule has 0 saturated carbocycles. The predicted octanol–water partition coefficient (Wildman–Crippen LogP) is 11.9. The van der Waals surface area contributed by atoms with Gasteiger partial charge in [-0.15, -0.1) is 0 Å². The predicted molar refractivity (Wildman–Crippen MR) is 209 cm³/mol. The van der Waals surface area contributed by atoms with Crippen molar-refractivity contribution in [2.45, 2.75) is 0 Å². The van der Waals surface area contributed by atoms with Crippen LogP contribution in [-0.4, -0.2) is 19.1 Å². The van der Waals surface area contributed by atoms with Gasteiger partial charge in [0.25, 0.3) is 0 Å². The molecule has 11 rings (SSSR count). The molecule has 5 nitrogen and oxygen atoms in total. The van der Waals surface area contributed by atoms with Crippen molar-refractivity contribution >= 4 is 65.6 Å². The molecule has 4 heterocycles. The van der Waals surface area contributed by atoms with Gasteiger partial charge < -0.3 is 8.98 Å². The fourth-order valence-electron chi connectivity index (χ4n) is 7.92. The van der Waals surface area contributed by atoms with Crippen LogP contribution in [0.1, 0.15) is 0 Å². The van der Waals surface area contributed by atoms with Gasteiger partial charge in [0.1, 0.15) is 5.58 Å². The maximum atomic E-state index is 6.72. The van der Waals surface area contributed by atoms with Crippen molar-refractivity contribution in [3.8, 4) is 34.2 Å². The van der Waals surface area contributed by atoms with Crippen molar-refractivity contribution < 1.29 is 4.42 Å². The van der Waals surface area contributed by atoms with E-state index in [1.807, 2.05) is 24.3 Å². The number of hydrogen-bond acceptors (Lipinski definition) is 3. The molecule has 4 aromatic heterocycles. The zero-order valence-corrected chi connectivity index (χ0v) is 27.4. The highest BCUT2D eigenvalue weighted by Gasteiger charge is 2.25. The van der Waals surface area contributed by atoms with Gasteiger partial charge in [-0.2, -0.15) is 0 Å². The molecular weight excluding hydrogens is 625 g/mol. The summed E-state index contributed by atoms with van der Waals surface area (Å²) in [7, 11) is 0. The van der Waals surface area contributed by atoms with Crippen LogP contribution in [0.15, 0.2) is 174 Å². The Kier molecular flexibility index (Phi) is 5.89. The zero-order chi connectivity index (χ0) is 33.5. The summed E-state index contributed by atoms with van der Waals surface area (Å²) in [6.45, 7) is 0. The highest BCUT2D eigenvalue weighted by Crippen LogP contribution is 2.45. The van der Waals surface area contributed by atoms with Gasteiger partial charge in [0.2, 0.25) is 5.95 Å². The Labute approximate surface area is 292 Å². The molecule has 0 unspecified atom stereocenters. The number of fused-ring (bicyclic) bond motifs is 11. The molecule has 5 heteroatoms. The summed E-state index contributed by atoms with van der Waals surface area (Å²) in [6.07, 6.45) is 0. The number of para-hydroxylation sites is 3. The van der Waals surface area contributed by atoms with Crippen molar-refractivity contribution in [3.05, 3.63) is 170 Å². The van der Waals surface area contributed by atoms with Crippen LogP contribution >= 0.6 is 0 Å². The summed E-state index contributed by atoms with van der Waals surface area (Å²) < 4.78 is 11.3. The minimum atomic E-state index is 0.624. The summed E-state index contributed by atoms with van der Waals surface area (Å²) in [5.74, 6) is 0.624. The largest absolute Gasteiger partial charge is 0.454 e. The van der Waals surface area contributed by atoms with E-state index in [4.69, 9.17) is 14.4 Å². The monoisotopic (exact) mass is 652 g/mol. The molecular formula is C46H28N4O. The Morgan fingerprint density at radius 2 is 1.00 bits per heavy atom. The fraction of sp³-hybridized carbons (Fsp3) is 0. The van der Waals surface area contributed by atoms with Crippen molar-refractivity contribution in [2.24, 2.45) is 0 Å². The first-order valence-corrected chi connectivity index (χ1v) is 17.2. The molecule has 0 radical (unpaired) electrons. The van der Waals surface area contributed by atoms with Crippen LogP contribution in [0.5, 0.6) is 0 Å². The van der Waals surface area contributed by atoms with Gasteiger partial charge in [-0.25, -0.2) is 9.97 Å². The normalized spacial score (nSPS) is 11.9. The van der Waals surface area contributed by atoms with Crippen LogP contribution in [0.3, 0.4) is 0 Å². The number of hydrogen-bond donors (Lipinski definition) is 0. The highest BCUT2D eigenvalue weighted by atomic mass is 16.3. The second kappa shape index (κ2) is 10.8. The summed E-state index contributed by atoms with van der Waals surface area (Å²) in [5, 5.41) is 6.73. The van der Waals surface area contributed by atoms with Gasteiger partial charge in [-0.05, 0) is 42.5 Å². The molecule has 0 fully saturated rings. The van der Waals surface area contributed by atoms with Crippen LogP contribution in [0.25, 0.3) is 99.7 Å². The molecule has 51 heavy (non-hydrogen) atoms. The average molecular weight is 653 g/mol. The second-order valence-corrected chi connectivity index (χ2v) is 13.0. The number of aromatic nitrogens is 4. The SMILES string of the molecule is c1ccc(-c2cc(-c3ccccc3)nc(-n3c4ccccc4c4ccc5c(c6ccc7c8ccccc8oc7c6n5-c5ccccc5)c43)n2)cc1. The number of nitrogens with zero attached hydrogens (tertiary/aromatic N) is 4. The molecule has 11 aromatic rings. The van der Waals surface area contributed by atoms with E-state index >= 15 is 0 Å². The van der Waals surface area contributed by atoms with E-state index in [-0.39, 0.29) is 0 Å². The third kappa shape index (κ3) is 4.09. The van der Waals surface area contributed by atoms with E-state index in [1.165, 1.54) is 0 Å². The Balaban J connectivity index is 1.34. The third-order valence-corrected chi connectivity index (χ3v) is 10.1. The maximum absolute atomic E-state index is 6.72. The summed E-state index contributed by atoms with van der Waals surface area (Å²) in [4.78, 5) is 10.7. The molecule has 7 aromatic carbocycles. The van der Waals surface area contributed by atoms with Gasteiger partial charge in [-0.1, -0.05) is 127 Å². The molecule has 238 valence electrons. The van der Waals surface area contributed by atoms with Crippen molar-refractivity contribution in [3.63, 3.8) is 0 Å². The van der Waals surface area contributed by atoms with Crippen LogP contribution < -0.4 is 0 Å². The Bertz CT molecular complexity index is 3060. The number of rotatable bonds is 4. The van der Waals surface area contributed by atoms with Gasteiger partial charge in [0, 0.05) is 49.1 Å². The minimum absolute atomic E-state index is 0.624. The van der Waals surface area contributed by atoms with Crippen LogP contribution in [0.4, 0.5) is 0 Å². The first-order valence-electron chi connectivity index (χ1n) is 17.2. The van der Waals surface area contributed by atoms with E-state index in [0.29, 0.717) is 5.95 Å². The molecule has 0 aliphatic carbocycles. The van der Waals surface area contributed by atoms with Crippen LogP contribution in [0.2, 0.25) is 0 Å². The number of benzene rings is 7. The molecule has 0 N–H and O–H groups in total. The Hall–Kier alpha value is -6.98. The average Bonchev–Trinajstić information content (AvgIpc) is 3.86. The summed E-state index contributed by atoms with van der Waals surface area (Å²) in [5.41, 5.74) is 10.9. The molecule has 0 bridgehead atoms. The lowest BCUT2D eigenvalue weighted by molar-refractivity contribution is 0.671. The molecule has 0 spiro atoms. The standard InChI is InChI=1S/C46H28N4O/c1-4-14-29(15-5-1)37-28-38(30-16-6-2-7-17-30)48-46(47-37)50-39-22-12-10-20-32(39)34-26-27-40-42(43(34)50)36-25-24-35-33-21-11-13-23-41(33)51-45(35)44(36)49(40)31-18-8-3-9-19-31/h1-28H. The second-order valence-electron chi connectivity index (χ2n) is 13.0. The lowest BCUT2D eigenvalue weighted by Gasteiger charge is -2.12. The molecule has 0 atom stereocenters. The zero-order valence-electron chi connectivity index (χ0n) is 27.4.